The van der Waals surface area contributed by atoms with Gasteiger partial charge in [-0.25, -0.2) is 0 Å². The van der Waals surface area contributed by atoms with Gasteiger partial charge in [0, 0.05) is 12.8 Å². The fourth-order valence-electron chi connectivity index (χ4n) is 1.88. The summed E-state index contributed by atoms with van der Waals surface area (Å²) in [6.07, 6.45) is 2.12. The van der Waals surface area contributed by atoms with Gasteiger partial charge in [-0.2, -0.15) is 0 Å². The van der Waals surface area contributed by atoms with Crippen LogP contribution in [0, 0.1) is 0 Å². The minimum absolute atomic E-state index is 0.236. The lowest BCUT2D eigenvalue weighted by Gasteiger charge is -2.08. The number of hydrogen-bond donors (Lipinski definition) is 1. The maximum Gasteiger partial charge on any atom is 0.247 e. The highest BCUT2D eigenvalue weighted by atomic mass is 16.5. The fourth-order valence-corrected chi connectivity index (χ4v) is 1.88. The molecule has 22 heavy (non-hydrogen) atoms. The average Bonchev–Trinajstić information content (AvgIpc) is 2.56. The van der Waals surface area contributed by atoms with Crippen molar-refractivity contribution in [1.29, 1.82) is 0 Å². The molecule has 4 nitrogen and oxygen atoms in total. The van der Waals surface area contributed by atoms with Crippen molar-refractivity contribution in [2.45, 2.75) is 6.42 Å². The SMILES string of the molecule is C=CC(=O)Nc1ccc(Oc2ccc(CCOC)cc2)cc1. The van der Waals surface area contributed by atoms with Gasteiger partial charge in [-0.05, 0) is 54.5 Å². The van der Waals surface area contributed by atoms with E-state index in [1.807, 2.05) is 24.3 Å². The van der Waals surface area contributed by atoms with E-state index in [2.05, 4.69) is 11.9 Å². The Kier molecular flexibility index (Phi) is 5.74. The van der Waals surface area contributed by atoms with Gasteiger partial charge in [0.1, 0.15) is 11.5 Å². The molecule has 0 heterocycles. The molecule has 0 radical (unpaired) electrons. The van der Waals surface area contributed by atoms with Crippen LogP contribution in [0.2, 0.25) is 0 Å². The van der Waals surface area contributed by atoms with E-state index in [1.165, 1.54) is 11.6 Å². The Morgan fingerprint density at radius 2 is 1.68 bits per heavy atom. The van der Waals surface area contributed by atoms with E-state index in [4.69, 9.17) is 9.47 Å². The Balaban J connectivity index is 1.95. The molecule has 0 spiro atoms. The summed E-state index contributed by atoms with van der Waals surface area (Å²) in [4.78, 5) is 11.2. The highest BCUT2D eigenvalue weighted by molar-refractivity contribution is 5.98. The zero-order chi connectivity index (χ0) is 15.8. The second-order valence-electron chi connectivity index (χ2n) is 4.71. The van der Waals surface area contributed by atoms with Gasteiger partial charge in [-0.1, -0.05) is 18.7 Å². The number of benzene rings is 2. The van der Waals surface area contributed by atoms with Crippen molar-refractivity contribution >= 4 is 11.6 Å². The molecule has 0 aromatic heterocycles. The van der Waals surface area contributed by atoms with Crippen LogP contribution in [0.4, 0.5) is 5.69 Å². The van der Waals surface area contributed by atoms with E-state index in [0.717, 1.165) is 12.2 Å². The van der Waals surface area contributed by atoms with Crippen LogP contribution in [-0.4, -0.2) is 19.6 Å². The summed E-state index contributed by atoms with van der Waals surface area (Å²) in [5, 5.41) is 2.69. The molecule has 0 atom stereocenters. The van der Waals surface area contributed by atoms with Crippen molar-refractivity contribution in [2.24, 2.45) is 0 Å². The first-order chi connectivity index (χ1) is 10.7. The van der Waals surface area contributed by atoms with Gasteiger partial charge in [0.2, 0.25) is 5.91 Å². The van der Waals surface area contributed by atoms with Crippen LogP contribution in [0.15, 0.2) is 61.2 Å². The first-order valence-electron chi connectivity index (χ1n) is 7.00. The molecule has 1 amide bonds. The zero-order valence-corrected chi connectivity index (χ0v) is 12.5. The normalized spacial score (nSPS) is 10.0. The molecule has 2 rings (SSSR count). The molecule has 0 saturated heterocycles. The average molecular weight is 297 g/mol. The minimum atomic E-state index is -0.236. The number of rotatable bonds is 7. The molecule has 0 fully saturated rings. The van der Waals surface area contributed by atoms with Crippen molar-refractivity contribution in [3.05, 3.63) is 66.7 Å². The molecule has 0 unspecified atom stereocenters. The molecule has 0 bridgehead atoms. The summed E-state index contributed by atoms with van der Waals surface area (Å²) in [6, 6.07) is 15.1. The van der Waals surface area contributed by atoms with Crippen LogP contribution in [0.25, 0.3) is 0 Å². The highest BCUT2D eigenvalue weighted by Crippen LogP contribution is 2.23. The number of amides is 1. The summed E-state index contributed by atoms with van der Waals surface area (Å²) in [7, 11) is 1.69. The number of ether oxygens (including phenoxy) is 2. The first-order valence-corrected chi connectivity index (χ1v) is 7.00. The molecule has 4 heteroatoms. The molecule has 0 saturated carbocycles. The predicted molar refractivity (Wildman–Crippen MR) is 87.4 cm³/mol. The lowest BCUT2D eigenvalue weighted by atomic mass is 10.1. The lowest BCUT2D eigenvalue weighted by molar-refractivity contribution is -0.111. The Morgan fingerprint density at radius 1 is 1.09 bits per heavy atom. The van der Waals surface area contributed by atoms with Crippen molar-refractivity contribution in [3.8, 4) is 11.5 Å². The molecule has 114 valence electrons. The summed E-state index contributed by atoms with van der Waals surface area (Å²) in [5.74, 6) is 1.24. The molecule has 0 aliphatic heterocycles. The van der Waals surface area contributed by atoms with Crippen molar-refractivity contribution in [1.82, 2.24) is 0 Å². The van der Waals surface area contributed by atoms with E-state index >= 15 is 0 Å². The summed E-state index contributed by atoms with van der Waals surface area (Å²) < 4.78 is 10.8. The fraction of sp³-hybridized carbons (Fsp3) is 0.167. The van der Waals surface area contributed by atoms with Gasteiger partial charge in [0.05, 0.1) is 6.61 Å². The maximum atomic E-state index is 11.2. The smallest absolute Gasteiger partial charge is 0.247 e. The monoisotopic (exact) mass is 297 g/mol. The number of carbonyl (C=O) groups excluding carboxylic acids is 1. The third kappa shape index (κ3) is 4.75. The van der Waals surface area contributed by atoms with Crippen LogP contribution in [-0.2, 0) is 16.0 Å². The van der Waals surface area contributed by atoms with Gasteiger partial charge < -0.3 is 14.8 Å². The summed E-state index contributed by atoms with van der Waals surface area (Å²) in [6.45, 7) is 4.12. The maximum absolute atomic E-state index is 11.2. The molecule has 0 aliphatic carbocycles. The zero-order valence-electron chi connectivity index (χ0n) is 12.5. The topological polar surface area (TPSA) is 47.6 Å². The minimum Gasteiger partial charge on any atom is -0.457 e. The standard InChI is InChI=1S/C18H19NO3/c1-3-18(20)19-15-6-10-17(11-7-15)22-16-8-4-14(5-9-16)12-13-21-2/h3-11H,1,12-13H2,2H3,(H,19,20). The molecule has 0 aliphatic rings. The highest BCUT2D eigenvalue weighted by Gasteiger charge is 2.00. The number of methoxy groups -OCH3 is 1. The van der Waals surface area contributed by atoms with Crippen LogP contribution >= 0.6 is 0 Å². The summed E-state index contributed by atoms with van der Waals surface area (Å²) >= 11 is 0. The second-order valence-corrected chi connectivity index (χ2v) is 4.71. The van der Waals surface area contributed by atoms with Gasteiger partial charge >= 0.3 is 0 Å². The third-order valence-corrected chi connectivity index (χ3v) is 3.06. The van der Waals surface area contributed by atoms with Gasteiger partial charge in [0.15, 0.2) is 0 Å². The number of hydrogen-bond acceptors (Lipinski definition) is 3. The Bertz CT molecular complexity index is 618. The van der Waals surface area contributed by atoms with Gasteiger partial charge in [0.25, 0.3) is 0 Å². The van der Waals surface area contributed by atoms with E-state index in [9.17, 15) is 4.79 Å². The molecule has 2 aromatic rings. The summed E-state index contributed by atoms with van der Waals surface area (Å²) in [5.41, 5.74) is 1.91. The van der Waals surface area contributed by atoms with E-state index < -0.39 is 0 Å². The Hall–Kier alpha value is -2.59. The molecular formula is C18H19NO3. The lowest BCUT2D eigenvalue weighted by Crippen LogP contribution is -2.06. The number of nitrogens with one attached hydrogen (secondary N) is 1. The van der Waals surface area contributed by atoms with Crippen LogP contribution in [0.5, 0.6) is 11.5 Å². The van der Waals surface area contributed by atoms with Crippen LogP contribution < -0.4 is 10.1 Å². The van der Waals surface area contributed by atoms with E-state index in [-0.39, 0.29) is 5.91 Å². The predicted octanol–water partition coefficient (Wildman–Crippen LogP) is 3.79. The Labute approximate surface area is 130 Å². The van der Waals surface area contributed by atoms with Crippen LogP contribution in [0.1, 0.15) is 5.56 Å². The third-order valence-electron chi connectivity index (χ3n) is 3.06. The van der Waals surface area contributed by atoms with Crippen molar-refractivity contribution in [2.75, 3.05) is 19.0 Å². The molecule has 1 N–H and O–H groups in total. The first kappa shape index (κ1) is 15.8. The van der Waals surface area contributed by atoms with Gasteiger partial charge in [-0.15, -0.1) is 0 Å². The number of carbonyl (C=O) groups is 1. The second kappa shape index (κ2) is 8.00. The van der Waals surface area contributed by atoms with Crippen molar-refractivity contribution < 1.29 is 14.3 Å². The quantitative estimate of drug-likeness (QED) is 0.791. The number of anilines is 1. The van der Waals surface area contributed by atoms with E-state index in [0.29, 0.717) is 18.0 Å². The Morgan fingerprint density at radius 3 is 2.23 bits per heavy atom. The van der Waals surface area contributed by atoms with Crippen molar-refractivity contribution in [3.63, 3.8) is 0 Å². The molecule has 2 aromatic carbocycles. The van der Waals surface area contributed by atoms with E-state index in [1.54, 1.807) is 31.4 Å². The van der Waals surface area contributed by atoms with Gasteiger partial charge in [-0.3, -0.25) is 4.79 Å². The molecular weight excluding hydrogens is 278 g/mol. The van der Waals surface area contributed by atoms with Crippen LogP contribution in [0.3, 0.4) is 0 Å². The largest absolute Gasteiger partial charge is 0.457 e.